The Bertz CT molecular complexity index is 516. The molecule has 0 N–H and O–H groups in total. The minimum absolute atomic E-state index is 0.0386. The summed E-state index contributed by atoms with van der Waals surface area (Å²) >= 11 is 7.96. The molecule has 0 fully saturated rings. The van der Waals surface area contributed by atoms with Crippen LogP contribution >= 0.6 is 43.2 Å². The molecule has 0 spiro atoms. The first kappa shape index (κ1) is 16.3. The SMILES string of the molecule is FC(Cc1nc2ccccc2s1)C(F)C(Br)CCCBr. The highest BCUT2D eigenvalue weighted by Crippen LogP contribution is 2.27. The maximum atomic E-state index is 14.0. The van der Waals surface area contributed by atoms with E-state index in [0.717, 1.165) is 22.0 Å². The molecule has 2 aromatic rings. The number of alkyl halides is 4. The van der Waals surface area contributed by atoms with Gasteiger partial charge in [0.25, 0.3) is 0 Å². The van der Waals surface area contributed by atoms with Gasteiger partial charge >= 0.3 is 0 Å². The Morgan fingerprint density at radius 2 is 2.00 bits per heavy atom. The van der Waals surface area contributed by atoms with Gasteiger partial charge in [-0.1, -0.05) is 44.0 Å². The smallest absolute Gasteiger partial charge is 0.144 e. The average Bonchev–Trinajstić information content (AvgIpc) is 2.85. The second-order valence-corrected chi connectivity index (χ2v) is 7.67. The minimum Gasteiger partial charge on any atom is -0.244 e. The summed E-state index contributed by atoms with van der Waals surface area (Å²) in [5.74, 6) is 0. The molecule has 3 atom stereocenters. The third kappa shape index (κ3) is 4.21. The zero-order chi connectivity index (χ0) is 14.5. The largest absolute Gasteiger partial charge is 0.244 e. The summed E-state index contributed by atoms with van der Waals surface area (Å²) in [5, 5.41) is 1.46. The van der Waals surface area contributed by atoms with E-state index in [2.05, 4.69) is 36.8 Å². The fourth-order valence-electron chi connectivity index (χ4n) is 1.94. The maximum absolute atomic E-state index is 14.0. The van der Waals surface area contributed by atoms with Gasteiger partial charge in [0.15, 0.2) is 0 Å². The molecule has 2 rings (SSSR count). The fourth-order valence-corrected chi connectivity index (χ4v) is 3.93. The molecule has 0 bridgehead atoms. The number of fused-ring (bicyclic) bond motifs is 1. The van der Waals surface area contributed by atoms with Crippen LogP contribution in [-0.4, -0.2) is 27.5 Å². The van der Waals surface area contributed by atoms with Gasteiger partial charge in [0.05, 0.1) is 15.2 Å². The van der Waals surface area contributed by atoms with E-state index in [1.54, 1.807) is 0 Å². The van der Waals surface area contributed by atoms with Crippen LogP contribution in [0.4, 0.5) is 8.78 Å². The molecule has 110 valence electrons. The van der Waals surface area contributed by atoms with E-state index in [1.807, 2.05) is 24.3 Å². The molecule has 0 saturated heterocycles. The number of hydrogen-bond donors (Lipinski definition) is 0. The van der Waals surface area contributed by atoms with Gasteiger partial charge in [-0.05, 0) is 25.0 Å². The van der Waals surface area contributed by atoms with Crippen LogP contribution in [0.1, 0.15) is 17.8 Å². The van der Waals surface area contributed by atoms with Gasteiger partial charge in [0.1, 0.15) is 12.3 Å². The number of halogens is 4. The van der Waals surface area contributed by atoms with E-state index in [1.165, 1.54) is 11.3 Å². The van der Waals surface area contributed by atoms with E-state index in [4.69, 9.17) is 0 Å². The van der Waals surface area contributed by atoms with E-state index in [-0.39, 0.29) is 6.42 Å². The van der Waals surface area contributed by atoms with E-state index in [9.17, 15) is 8.78 Å². The predicted molar refractivity (Wildman–Crippen MR) is 88.9 cm³/mol. The van der Waals surface area contributed by atoms with Crippen molar-refractivity contribution in [1.82, 2.24) is 4.98 Å². The molecule has 20 heavy (non-hydrogen) atoms. The number of thiazole rings is 1. The minimum atomic E-state index is -1.52. The van der Waals surface area contributed by atoms with Crippen molar-refractivity contribution in [3.63, 3.8) is 0 Å². The van der Waals surface area contributed by atoms with Crippen LogP contribution in [0.2, 0.25) is 0 Å². The topological polar surface area (TPSA) is 12.9 Å². The molecular weight excluding hydrogens is 412 g/mol. The number of benzene rings is 1. The Balaban J connectivity index is 1.97. The molecule has 0 saturated carbocycles. The Kier molecular flexibility index (Phi) is 6.36. The average molecular weight is 427 g/mol. The van der Waals surface area contributed by atoms with Gasteiger partial charge in [-0.2, -0.15) is 0 Å². The number of aromatic nitrogens is 1. The van der Waals surface area contributed by atoms with Crippen LogP contribution in [0.25, 0.3) is 10.2 Å². The molecule has 0 amide bonds. The highest BCUT2D eigenvalue weighted by Gasteiger charge is 2.28. The molecule has 1 heterocycles. The molecular formula is C14H15Br2F2NS. The first-order chi connectivity index (χ1) is 9.61. The first-order valence-corrected chi connectivity index (χ1v) is 9.30. The molecule has 0 aliphatic heterocycles. The molecule has 0 aliphatic rings. The van der Waals surface area contributed by atoms with Gasteiger partial charge in [0, 0.05) is 16.6 Å². The van der Waals surface area contributed by atoms with Crippen molar-refractivity contribution < 1.29 is 8.78 Å². The second-order valence-electron chi connectivity index (χ2n) is 4.59. The van der Waals surface area contributed by atoms with Crippen molar-refractivity contribution in [1.29, 1.82) is 0 Å². The highest BCUT2D eigenvalue weighted by atomic mass is 79.9. The lowest BCUT2D eigenvalue weighted by Gasteiger charge is -2.17. The van der Waals surface area contributed by atoms with Crippen LogP contribution in [0.3, 0.4) is 0 Å². The standard InChI is InChI=1S/C14H15Br2F2NS/c15-7-3-4-9(16)14(18)10(17)8-13-19-11-5-1-2-6-12(11)20-13/h1-2,5-6,9-10,14H,3-4,7-8H2. The Morgan fingerprint density at radius 3 is 2.70 bits per heavy atom. The third-order valence-corrected chi connectivity index (χ3v) is 5.59. The van der Waals surface area contributed by atoms with Crippen LogP contribution in [0, 0.1) is 0 Å². The zero-order valence-electron chi connectivity index (χ0n) is 10.7. The second kappa shape index (κ2) is 7.80. The van der Waals surface area contributed by atoms with Crippen molar-refractivity contribution in [2.24, 2.45) is 0 Å². The fraction of sp³-hybridized carbons (Fsp3) is 0.500. The van der Waals surface area contributed by atoms with Crippen molar-refractivity contribution in [2.75, 3.05) is 5.33 Å². The third-order valence-electron chi connectivity index (χ3n) is 3.01. The molecule has 0 aliphatic carbocycles. The molecule has 1 aromatic heterocycles. The summed E-state index contributed by atoms with van der Waals surface area (Å²) in [6.45, 7) is 0. The molecule has 6 heteroatoms. The Hall–Kier alpha value is -0.0700. The quantitative estimate of drug-likeness (QED) is 0.536. The molecule has 3 unspecified atom stereocenters. The monoisotopic (exact) mass is 425 g/mol. The van der Waals surface area contributed by atoms with Crippen LogP contribution in [0.5, 0.6) is 0 Å². The molecule has 1 aromatic carbocycles. The lowest BCUT2D eigenvalue weighted by molar-refractivity contribution is 0.162. The maximum Gasteiger partial charge on any atom is 0.144 e. The lowest BCUT2D eigenvalue weighted by Crippen LogP contribution is -2.28. The van der Waals surface area contributed by atoms with Crippen molar-refractivity contribution in [3.05, 3.63) is 29.3 Å². The van der Waals surface area contributed by atoms with E-state index < -0.39 is 17.2 Å². The van der Waals surface area contributed by atoms with Crippen LogP contribution in [-0.2, 0) is 6.42 Å². The van der Waals surface area contributed by atoms with Gasteiger partial charge in [-0.25, -0.2) is 13.8 Å². The van der Waals surface area contributed by atoms with Gasteiger partial charge < -0.3 is 0 Å². The highest BCUT2D eigenvalue weighted by molar-refractivity contribution is 9.09. The Morgan fingerprint density at radius 1 is 1.25 bits per heavy atom. The van der Waals surface area contributed by atoms with Gasteiger partial charge in [0.2, 0.25) is 0 Å². The van der Waals surface area contributed by atoms with Crippen LogP contribution in [0.15, 0.2) is 24.3 Å². The van der Waals surface area contributed by atoms with Gasteiger partial charge in [-0.3, -0.25) is 0 Å². The van der Waals surface area contributed by atoms with E-state index in [0.29, 0.717) is 11.4 Å². The molecule has 1 nitrogen and oxygen atoms in total. The summed E-state index contributed by atoms with van der Waals surface area (Å²) in [6.07, 6.45) is -1.54. The lowest BCUT2D eigenvalue weighted by atomic mass is 10.1. The normalized spacial score (nSPS) is 16.2. The summed E-state index contributed by atoms with van der Waals surface area (Å²) in [6, 6.07) is 7.65. The number of hydrogen-bond acceptors (Lipinski definition) is 2. The number of para-hydroxylation sites is 1. The summed E-state index contributed by atoms with van der Waals surface area (Å²) < 4.78 is 29.0. The van der Waals surface area contributed by atoms with Crippen molar-refractivity contribution in [3.8, 4) is 0 Å². The summed E-state index contributed by atoms with van der Waals surface area (Å²) in [7, 11) is 0. The Labute approximate surface area is 138 Å². The van der Waals surface area contributed by atoms with Gasteiger partial charge in [-0.15, -0.1) is 11.3 Å². The van der Waals surface area contributed by atoms with Crippen molar-refractivity contribution in [2.45, 2.75) is 36.4 Å². The zero-order valence-corrected chi connectivity index (χ0v) is 14.7. The summed E-state index contributed by atoms with van der Waals surface area (Å²) in [5.41, 5.74) is 0.852. The first-order valence-electron chi connectivity index (χ1n) is 6.44. The van der Waals surface area contributed by atoms with Crippen molar-refractivity contribution >= 4 is 53.4 Å². The summed E-state index contributed by atoms with van der Waals surface area (Å²) in [4.78, 5) is 3.91. The van der Waals surface area contributed by atoms with Crippen LogP contribution < -0.4 is 0 Å². The van der Waals surface area contributed by atoms with E-state index >= 15 is 0 Å². The predicted octanol–water partition coefficient (Wildman–Crippen LogP) is 5.45. The molecule has 0 radical (unpaired) electrons. The number of nitrogens with zero attached hydrogens (tertiary/aromatic N) is 1. The number of rotatable bonds is 7.